The van der Waals surface area contributed by atoms with Crippen molar-refractivity contribution < 1.29 is 19.1 Å². The van der Waals surface area contributed by atoms with Gasteiger partial charge < -0.3 is 4.74 Å². The van der Waals surface area contributed by atoms with Gasteiger partial charge in [0.1, 0.15) is 5.75 Å². The summed E-state index contributed by atoms with van der Waals surface area (Å²) in [5.74, 6) is -0.900. The molecule has 2 aromatic rings. The fourth-order valence-corrected chi connectivity index (χ4v) is 2.64. The molecule has 0 aromatic heterocycles. The zero-order valence-corrected chi connectivity index (χ0v) is 13.3. The van der Waals surface area contributed by atoms with E-state index in [1.807, 2.05) is 0 Å². The van der Waals surface area contributed by atoms with Gasteiger partial charge in [-0.3, -0.25) is 19.3 Å². The highest BCUT2D eigenvalue weighted by molar-refractivity contribution is 6.12. The van der Waals surface area contributed by atoms with Gasteiger partial charge in [0.05, 0.1) is 12.1 Å². The molecule has 1 heterocycles. The molecule has 0 saturated heterocycles. The van der Waals surface area contributed by atoms with Crippen LogP contribution in [0.4, 0.5) is 0 Å². The summed E-state index contributed by atoms with van der Waals surface area (Å²) in [6, 6.07) is 15.3. The Balaban J connectivity index is 1.94. The van der Waals surface area contributed by atoms with E-state index in [0.29, 0.717) is 23.3 Å². The number of para-hydroxylation sites is 1. The van der Waals surface area contributed by atoms with E-state index in [2.05, 4.69) is 0 Å². The van der Waals surface area contributed by atoms with Crippen LogP contribution in [-0.2, 0) is 4.79 Å². The van der Waals surface area contributed by atoms with E-state index < -0.39 is 17.9 Å². The quantitative estimate of drug-likeness (QED) is 0.641. The highest BCUT2D eigenvalue weighted by Crippen LogP contribution is 2.26. The van der Waals surface area contributed by atoms with Gasteiger partial charge in [0.2, 0.25) is 0 Å². The Morgan fingerprint density at radius 2 is 1.71 bits per heavy atom. The van der Waals surface area contributed by atoms with Crippen molar-refractivity contribution in [3.8, 4) is 5.75 Å². The monoisotopic (exact) mass is 323 g/mol. The lowest BCUT2D eigenvalue weighted by molar-refractivity contribution is -0.135. The number of ketones is 1. The Labute approximate surface area is 139 Å². The summed E-state index contributed by atoms with van der Waals surface area (Å²) < 4.78 is 5.68. The Hall–Kier alpha value is -2.95. The molecule has 0 radical (unpaired) electrons. The van der Waals surface area contributed by atoms with Gasteiger partial charge in [0.25, 0.3) is 11.8 Å². The van der Waals surface area contributed by atoms with Crippen molar-refractivity contribution in [3.05, 3.63) is 65.7 Å². The van der Waals surface area contributed by atoms with Crippen molar-refractivity contribution in [2.24, 2.45) is 0 Å². The van der Waals surface area contributed by atoms with Crippen molar-refractivity contribution in [1.82, 2.24) is 4.90 Å². The third-order valence-corrected chi connectivity index (χ3v) is 3.94. The molecule has 24 heavy (non-hydrogen) atoms. The Morgan fingerprint density at radius 3 is 2.42 bits per heavy atom. The molecule has 0 N–H and O–H groups in total. The maximum absolute atomic E-state index is 12.7. The number of hydrogen-bond donors (Lipinski definition) is 0. The normalized spacial score (nSPS) is 17.0. The van der Waals surface area contributed by atoms with Gasteiger partial charge in [0.15, 0.2) is 11.9 Å². The standard InChI is InChI=1S/C19H17NO4/c1-2-16-19(23)20(12-15(21)13-8-4-3-5-9-13)18(22)14-10-6-7-11-17(14)24-16/h3-11,16H,2,12H2,1H3/t16-/m0/s1. The third-order valence-electron chi connectivity index (χ3n) is 3.94. The van der Waals surface area contributed by atoms with Crippen LogP contribution in [0.1, 0.15) is 34.1 Å². The second-order valence-corrected chi connectivity index (χ2v) is 5.53. The second-order valence-electron chi connectivity index (χ2n) is 5.53. The molecule has 1 aliphatic rings. The third kappa shape index (κ3) is 2.93. The molecule has 3 rings (SSSR count). The first-order chi connectivity index (χ1) is 11.6. The molecule has 2 aromatic carbocycles. The highest BCUT2D eigenvalue weighted by Gasteiger charge is 2.36. The maximum Gasteiger partial charge on any atom is 0.270 e. The molecule has 5 heteroatoms. The minimum absolute atomic E-state index is 0.286. The molecule has 0 spiro atoms. The van der Waals surface area contributed by atoms with Crippen LogP contribution in [0.2, 0.25) is 0 Å². The molecule has 122 valence electrons. The molecule has 0 saturated carbocycles. The van der Waals surface area contributed by atoms with Crippen LogP contribution in [0, 0.1) is 0 Å². The van der Waals surface area contributed by atoms with Crippen molar-refractivity contribution in [3.63, 3.8) is 0 Å². The van der Waals surface area contributed by atoms with Gasteiger partial charge in [0, 0.05) is 5.56 Å². The van der Waals surface area contributed by atoms with Gasteiger partial charge in [-0.2, -0.15) is 0 Å². The number of carbonyl (C=O) groups excluding carboxylic acids is 3. The summed E-state index contributed by atoms with van der Waals surface area (Å²) in [7, 11) is 0. The number of Topliss-reactive ketones (excluding diaryl/α,β-unsaturated/α-hetero) is 1. The molecular formula is C19H17NO4. The fourth-order valence-electron chi connectivity index (χ4n) is 2.64. The number of nitrogens with zero attached hydrogens (tertiary/aromatic N) is 1. The fraction of sp³-hybridized carbons (Fsp3) is 0.211. The van der Waals surface area contributed by atoms with Crippen molar-refractivity contribution in [2.45, 2.75) is 19.4 Å². The van der Waals surface area contributed by atoms with Gasteiger partial charge in [-0.05, 0) is 18.6 Å². The molecule has 5 nitrogen and oxygen atoms in total. The predicted octanol–water partition coefficient (Wildman–Crippen LogP) is 2.71. The number of benzene rings is 2. The van der Waals surface area contributed by atoms with Gasteiger partial charge in [-0.1, -0.05) is 49.4 Å². The molecule has 1 aliphatic heterocycles. The average Bonchev–Trinajstić information content (AvgIpc) is 2.72. The smallest absolute Gasteiger partial charge is 0.270 e. The summed E-state index contributed by atoms with van der Waals surface area (Å²) in [6.45, 7) is 1.51. The zero-order chi connectivity index (χ0) is 17.1. The lowest BCUT2D eigenvalue weighted by atomic mass is 10.1. The lowest BCUT2D eigenvalue weighted by Crippen LogP contribution is -2.45. The first-order valence-electron chi connectivity index (χ1n) is 7.81. The van der Waals surface area contributed by atoms with Crippen molar-refractivity contribution >= 4 is 17.6 Å². The zero-order valence-electron chi connectivity index (χ0n) is 13.3. The van der Waals surface area contributed by atoms with Crippen molar-refractivity contribution in [2.75, 3.05) is 6.54 Å². The first-order valence-corrected chi connectivity index (χ1v) is 7.81. The minimum atomic E-state index is -0.777. The predicted molar refractivity (Wildman–Crippen MR) is 88.0 cm³/mol. The summed E-state index contributed by atoms with van der Waals surface area (Å²) in [4.78, 5) is 38.8. The minimum Gasteiger partial charge on any atom is -0.480 e. The molecule has 0 bridgehead atoms. The topological polar surface area (TPSA) is 63.7 Å². The summed E-state index contributed by atoms with van der Waals surface area (Å²) in [5.41, 5.74) is 0.757. The van der Waals surface area contributed by atoms with E-state index in [-0.39, 0.29) is 12.3 Å². The van der Waals surface area contributed by atoms with E-state index in [4.69, 9.17) is 4.74 Å². The lowest BCUT2D eigenvalue weighted by Gasteiger charge is -2.21. The van der Waals surface area contributed by atoms with Crippen molar-refractivity contribution in [1.29, 1.82) is 0 Å². The van der Waals surface area contributed by atoms with Crippen LogP contribution in [-0.4, -0.2) is 35.1 Å². The first kappa shape index (κ1) is 15.9. The van der Waals surface area contributed by atoms with E-state index in [1.54, 1.807) is 61.5 Å². The Morgan fingerprint density at radius 1 is 1.04 bits per heavy atom. The molecule has 0 aliphatic carbocycles. The van der Waals surface area contributed by atoms with Crippen LogP contribution in [0.5, 0.6) is 5.75 Å². The van der Waals surface area contributed by atoms with Gasteiger partial charge in [-0.25, -0.2) is 0 Å². The summed E-state index contributed by atoms with van der Waals surface area (Å²) in [5, 5.41) is 0. The van der Waals surface area contributed by atoms with Crippen LogP contribution >= 0.6 is 0 Å². The molecule has 2 amide bonds. The number of fused-ring (bicyclic) bond motifs is 1. The van der Waals surface area contributed by atoms with Crippen LogP contribution < -0.4 is 4.74 Å². The summed E-state index contributed by atoms with van der Waals surface area (Å²) >= 11 is 0. The SMILES string of the molecule is CC[C@@H]1Oc2ccccc2C(=O)N(CC(=O)c2ccccc2)C1=O. The molecule has 1 atom stereocenters. The van der Waals surface area contributed by atoms with Gasteiger partial charge in [-0.15, -0.1) is 0 Å². The Bertz CT molecular complexity index is 785. The van der Waals surface area contributed by atoms with Crippen LogP contribution in [0.3, 0.4) is 0 Å². The Kier molecular flexibility index (Phi) is 4.42. The van der Waals surface area contributed by atoms with E-state index >= 15 is 0 Å². The highest BCUT2D eigenvalue weighted by atomic mass is 16.5. The number of amides is 2. The number of carbonyl (C=O) groups is 3. The summed E-state index contributed by atoms with van der Waals surface area (Å²) in [6.07, 6.45) is -0.364. The number of hydrogen-bond acceptors (Lipinski definition) is 4. The molecule has 0 fully saturated rings. The maximum atomic E-state index is 12.7. The van der Waals surface area contributed by atoms with E-state index in [1.165, 1.54) is 0 Å². The largest absolute Gasteiger partial charge is 0.480 e. The van der Waals surface area contributed by atoms with E-state index in [0.717, 1.165) is 4.90 Å². The van der Waals surface area contributed by atoms with Crippen LogP contribution in [0.25, 0.3) is 0 Å². The van der Waals surface area contributed by atoms with Crippen LogP contribution in [0.15, 0.2) is 54.6 Å². The number of ether oxygens (including phenoxy) is 1. The number of imide groups is 1. The molecule has 0 unspecified atom stereocenters. The van der Waals surface area contributed by atoms with Gasteiger partial charge >= 0.3 is 0 Å². The average molecular weight is 323 g/mol. The second kappa shape index (κ2) is 6.66. The molecular weight excluding hydrogens is 306 g/mol. The number of rotatable bonds is 4. The van der Waals surface area contributed by atoms with E-state index in [9.17, 15) is 14.4 Å².